The molecule has 1 atom stereocenters. The van der Waals surface area contributed by atoms with Crippen molar-refractivity contribution in [3.05, 3.63) is 23.4 Å². The molecule has 0 aliphatic carbocycles. The Balaban J connectivity index is 2.95. The molecule has 0 spiro atoms. The Bertz CT molecular complexity index is 415. The molecule has 3 nitrogen and oxygen atoms in total. The molecule has 0 amide bonds. The number of anilines is 1. The van der Waals surface area contributed by atoms with E-state index in [1.807, 2.05) is 0 Å². The van der Waals surface area contributed by atoms with Crippen molar-refractivity contribution in [2.45, 2.75) is 78.9 Å². The molecule has 0 aromatic carbocycles. The maximum Gasteiger partial charge on any atom is 0.129 e. The summed E-state index contributed by atoms with van der Waals surface area (Å²) >= 11 is 0. The quantitative estimate of drug-likeness (QED) is 0.740. The molecule has 0 saturated carbocycles. The summed E-state index contributed by atoms with van der Waals surface area (Å²) < 4.78 is 0. The molecule has 120 valence electrons. The molecule has 0 saturated heterocycles. The van der Waals surface area contributed by atoms with Crippen LogP contribution in [0.5, 0.6) is 0 Å². The fourth-order valence-electron chi connectivity index (χ4n) is 2.46. The van der Waals surface area contributed by atoms with Crippen molar-refractivity contribution in [3.8, 4) is 0 Å². The molecule has 0 aliphatic rings. The van der Waals surface area contributed by atoms with Crippen molar-refractivity contribution < 1.29 is 0 Å². The highest BCUT2D eigenvalue weighted by atomic mass is 15.2. The molecule has 0 radical (unpaired) electrons. The van der Waals surface area contributed by atoms with Crippen LogP contribution in [0.25, 0.3) is 0 Å². The number of nitrogens with zero attached hydrogens (tertiary/aromatic N) is 2. The second-order valence-electron chi connectivity index (χ2n) is 6.36. The third-order valence-corrected chi connectivity index (χ3v) is 3.87. The highest BCUT2D eigenvalue weighted by Crippen LogP contribution is 2.19. The van der Waals surface area contributed by atoms with Gasteiger partial charge in [0.25, 0.3) is 0 Å². The van der Waals surface area contributed by atoms with E-state index in [-0.39, 0.29) is 0 Å². The van der Waals surface area contributed by atoms with E-state index in [1.54, 1.807) is 0 Å². The fraction of sp³-hybridized carbons (Fsp3) is 0.722. The molecule has 3 heteroatoms. The largest absolute Gasteiger partial charge is 0.357 e. The van der Waals surface area contributed by atoms with E-state index in [0.29, 0.717) is 12.1 Å². The van der Waals surface area contributed by atoms with E-state index in [1.165, 1.54) is 24.1 Å². The lowest BCUT2D eigenvalue weighted by Crippen LogP contribution is -2.30. The van der Waals surface area contributed by atoms with Crippen molar-refractivity contribution in [2.24, 2.45) is 0 Å². The second kappa shape index (κ2) is 9.04. The van der Waals surface area contributed by atoms with Crippen LogP contribution in [0.2, 0.25) is 0 Å². The van der Waals surface area contributed by atoms with E-state index in [2.05, 4.69) is 64.0 Å². The third-order valence-electron chi connectivity index (χ3n) is 3.87. The van der Waals surface area contributed by atoms with Crippen LogP contribution in [0.1, 0.15) is 65.1 Å². The SMILES string of the molecule is CCCc1cc(CNC(C)C)cc(N(C)C(C)CCC)n1. The smallest absolute Gasteiger partial charge is 0.129 e. The average molecular weight is 291 g/mol. The predicted octanol–water partition coefficient (Wildman–Crippen LogP) is 4.16. The molecule has 1 rings (SSSR count). The van der Waals surface area contributed by atoms with Gasteiger partial charge in [-0.2, -0.15) is 0 Å². The lowest BCUT2D eigenvalue weighted by Gasteiger charge is -2.27. The van der Waals surface area contributed by atoms with E-state index in [9.17, 15) is 0 Å². The molecule has 1 aromatic heterocycles. The van der Waals surface area contributed by atoms with E-state index < -0.39 is 0 Å². The van der Waals surface area contributed by atoms with Gasteiger partial charge in [-0.05, 0) is 37.5 Å². The van der Waals surface area contributed by atoms with Gasteiger partial charge in [-0.25, -0.2) is 4.98 Å². The zero-order valence-corrected chi connectivity index (χ0v) is 14.7. The number of hydrogen-bond acceptors (Lipinski definition) is 3. The maximum atomic E-state index is 4.85. The van der Waals surface area contributed by atoms with Gasteiger partial charge in [0, 0.05) is 31.4 Å². The monoisotopic (exact) mass is 291 g/mol. The van der Waals surface area contributed by atoms with E-state index in [0.717, 1.165) is 25.2 Å². The number of pyridine rings is 1. The van der Waals surface area contributed by atoms with Gasteiger partial charge in [0.15, 0.2) is 0 Å². The molecule has 0 aliphatic heterocycles. The molecular weight excluding hydrogens is 258 g/mol. The lowest BCUT2D eigenvalue weighted by atomic mass is 10.1. The van der Waals surface area contributed by atoms with Crippen molar-refractivity contribution in [1.82, 2.24) is 10.3 Å². The van der Waals surface area contributed by atoms with Gasteiger partial charge >= 0.3 is 0 Å². The zero-order chi connectivity index (χ0) is 15.8. The van der Waals surface area contributed by atoms with Gasteiger partial charge in [0.05, 0.1) is 0 Å². The first kappa shape index (κ1) is 18.0. The third kappa shape index (κ3) is 6.04. The first-order chi connectivity index (χ1) is 9.97. The van der Waals surface area contributed by atoms with Crippen LogP contribution in [-0.2, 0) is 13.0 Å². The average Bonchev–Trinajstić information content (AvgIpc) is 2.44. The van der Waals surface area contributed by atoms with Gasteiger partial charge in [0.2, 0.25) is 0 Å². The molecule has 21 heavy (non-hydrogen) atoms. The first-order valence-corrected chi connectivity index (χ1v) is 8.43. The molecule has 1 aromatic rings. The predicted molar refractivity (Wildman–Crippen MR) is 93.0 cm³/mol. The lowest BCUT2D eigenvalue weighted by molar-refractivity contribution is 0.585. The van der Waals surface area contributed by atoms with Gasteiger partial charge in [-0.1, -0.05) is 40.5 Å². The number of aromatic nitrogens is 1. The maximum absolute atomic E-state index is 4.85. The minimum Gasteiger partial charge on any atom is -0.357 e. The first-order valence-electron chi connectivity index (χ1n) is 8.43. The summed E-state index contributed by atoms with van der Waals surface area (Å²) in [7, 11) is 2.16. The summed E-state index contributed by atoms with van der Waals surface area (Å²) in [4.78, 5) is 7.17. The molecule has 0 bridgehead atoms. The number of rotatable bonds is 9. The van der Waals surface area contributed by atoms with Gasteiger partial charge in [-0.15, -0.1) is 0 Å². The van der Waals surface area contributed by atoms with Gasteiger partial charge < -0.3 is 10.2 Å². The fourth-order valence-corrected chi connectivity index (χ4v) is 2.46. The molecule has 1 N–H and O–H groups in total. The van der Waals surface area contributed by atoms with Crippen LogP contribution >= 0.6 is 0 Å². The van der Waals surface area contributed by atoms with Crippen molar-refractivity contribution in [1.29, 1.82) is 0 Å². The summed E-state index contributed by atoms with van der Waals surface area (Å²) in [5.41, 5.74) is 2.55. The number of aryl methyl sites for hydroxylation is 1. The van der Waals surface area contributed by atoms with Crippen LogP contribution in [0.15, 0.2) is 12.1 Å². The Morgan fingerprint density at radius 1 is 1.14 bits per heavy atom. The highest BCUT2D eigenvalue weighted by molar-refractivity contribution is 5.43. The summed E-state index contributed by atoms with van der Waals surface area (Å²) in [5, 5.41) is 3.51. The van der Waals surface area contributed by atoms with Crippen LogP contribution < -0.4 is 10.2 Å². The van der Waals surface area contributed by atoms with E-state index >= 15 is 0 Å². The Morgan fingerprint density at radius 3 is 2.43 bits per heavy atom. The topological polar surface area (TPSA) is 28.2 Å². The Hall–Kier alpha value is -1.09. The normalized spacial score (nSPS) is 12.7. The van der Waals surface area contributed by atoms with Crippen molar-refractivity contribution in [3.63, 3.8) is 0 Å². The minimum atomic E-state index is 0.507. The van der Waals surface area contributed by atoms with E-state index in [4.69, 9.17) is 4.98 Å². The Labute approximate surface area is 131 Å². The van der Waals surface area contributed by atoms with Crippen molar-refractivity contribution in [2.75, 3.05) is 11.9 Å². The second-order valence-corrected chi connectivity index (χ2v) is 6.36. The Morgan fingerprint density at radius 2 is 1.86 bits per heavy atom. The van der Waals surface area contributed by atoms with Crippen LogP contribution in [-0.4, -0.2) is 24.1 Å². The molecule has 1 heterocycles. The molecule has 0 fully saturated rings. The Kier molecular flexibility index (Phi) is 7.73. The summed E-state index contributed by atoms with van der Waals surface area (Å²) in [5.74, 6) is 1.11. The zero-order valence-electron chi connectivity index (χ0n) is 14.7. The molecular formula is C18H33N3. The summed E-state index contributed by atoms with van der Waals surface area (Å²) in [6, 6.07) is 5.53. The van der Waals surface area contributed by atoms with Crippen LogP contribution in [0.3, 0.4) is 0 Å². The van der Waals surface area contributed by atoms with Crippen molar-refractivity contribution >= 4 is 5.82 Å². The standard InChI is InChI=1S/C18H33N3/c1-7-9-15(5)21(6)18-12-16(13-19-14(3)4)11-17(20-18)10-8-2/h11-12,14-15,19H,7-10,13H2,1-6H3. The minimum absolute atomic E-state index is 0.507. The molecule has 1 unspecified atom stereocenters. The van der Waals surface area contributed by atoms with Gasteiger partial charge in [-0.3, -0.25) is 0 Å². The number of hydrogen-bond donors (Lipinski definition) is 1. The number of nitrogens with one attached hydrogen (secondary N) is 1. The highest BCUT2D eigenvalue weighted by Gasteiger charge is 2.12. The summed E-state index contributed by atoms with van der Waals surface area (Å²) in [6.45, 7) is 12.0. The van der Waals surface area contributed by atoms with Gasteiger partial charge in [0.1, 0.15) is 5.82 Å². The summed E-state index contributed by atoms with van der Waals surface area (Å²) in [6.07, 6.45) is 4.61. The van der Waals surface area contributed by atoms with Crippen LogP contribution in [0.4, 0.5) is 5.82 Å². The van der Waals surface area contributed by atoms with Crippen LogP contribution in [0, 0.1) is 0 Å².